The minimum atomic E-state index is -0.221. The lowest BCUT2D eigenvalue weighted by molar-refractivity contribution is 0.102. The molecular formula is C23H28N4O3. The van der Waals surface area contributed by atoms with Gasteiger partial charge < -0.3 is 20.5 Å². The van der Waals surface area contributed by atoms with E-state index in [4.69, 9.17) is 15.2 Å². The van der Waals surface area contributed by atoms with E-state index in [2.05, 4.69) is 16.5 Å². The van der Waals surface area contributed by atoms with Gasteiger partial charge in [-0.05, 0) is 54.3 Å². The molecule has 0 unspecified atom stereocenters. The molecule has 0 fully saturated rings. The van der Waals surface area contributed by atoms with Crippen LogP contribution in [0.1, 0.15) is 27.9 Å². The molecule has 0 radical (unpaired) electrons. The van der Waals surface area contributed by atoms with Gasteiger partial charge in [-0.3, -0.25) is 9.48 Å². The van der Waals surface area contributed by atoms with E-state index in [0.717, 1.165) is 36.1 Å². The molecule has 2 aromatic carbocycles. The molecule has 3 aromatic rings. The van der Waals surface area contributed by atoms with Crippen molar-refractivity contribution < 1.29 is 14.3 Å². The summed E-state index contributed by atoms with van der Waals surface area (Å²) < 4.78 is 12.6. The van der Waals surface area contributed by atoms with Gasteiger partial charge in [-0.2, -0.15) is 5.10 Å². The van der Waals surface area contributed by atoms with E-state index >= 15 is 0 Å². The van der Waals surface area contributed by atoms with Crippen LogP contribution in [-0.2, 0) is 24.6 Å². The number of carbonyl (C=O) groups is 1. The van der Waals surface area contributed by atoms with Crippen molar-refractivity contribution in [3.05, 3.63) is 71.4 Å². The number of rotatable bonds is 10. The van der Waals surface area contributed by atoms with Crippen LogP contribution in [0.25, 0.3) is 0 Å². The standard InChI is InChI=1S/C23H28N4O3/c1-27-10-9-22(26-27)25-23(28)19-13-18(8-7-17-5-3-6-20(24)14-17)15-21(16-19)30-12-4-11-29-2/h3,5-6,9-10,13-16H,4,7-8,11-12,24H2,1-2H3,(H,25,26,28). The fourth-order valence-corrected chi connectivity index (χ4v) is 3.12. The second-order valence-electron chi connectivity index (χ2n) is 7.13. The van der Waals surface area contributed by atoms with Crippen molar-refractivity contribution in [3.8, 4) is 5.75 Å². The van der Waals surface area contributed by atoms with Gasteiger partial charge in [0.1, 0.15) is 5.75 Å². The highest BCUT2D eigenvalue weighted by Crippen LogP contribution is 2.21. The molecular weight excluding hydrogens is 380 g/mol. The fraction of sp³-hybridized carbons (Fsp3) is 0.304. The number of hydrogen-bond donors (Lipinski definition) is 2. The number of amides is 1. The molecule has 0 spiro atoms. The molecule has 1 heterocycles. The predicted molar refractivity (Wildman–Crippen MR) is 118 cm³/mol. The van der Waals surface area contributed by atoms with Crippen molar-refractivity contribution in [2.75, 3.05) is 31.4 Å². The molecule has 0 aliphatic rings. The Labute approximate surface area is 176 Å². The van der Waals surface area contributed by atoms with Gasteiger partial charge >= 0.3 is 0 Å². The van der Waals surface area contributed by atoms with Gasteiger partial charge in [-0.15, -0.1) is 0 Å². The second kappa shape index (κ2) is 10.5. The molecule has 158 valence electrons. The molecule has 0 aliphatic carbocycles. The Kier molecular flexibility index (Phi) is 7.45. The average Bonchev–Trinajstić information content (AvgIpc) is 3.14. The lowest BCUT2D eigenvalue weighted by Gasteiger charge is -2.12. The van der Waals surface area contributed by atoms with E-state index in [1.807, 2.05) is 30.3 Å². The lowest BCUT2D eigenvalue weighted by Crippen LogP contribution is -2.13. The number of benzene rings is 2. The van der Waals surface area contributed by atoms with Crippen molar-refractivity contribution >= 4 is 17.4 Å². The molecule has 0 saturated carbocycles. The first kappa shape index (κ1) is 21.4. The van der Waals surface area contributed by atoms with Crippen LogP contribution in [0, 0.1) is 0 Å². The van der Waals surface area contributed by atoms with E-state index in [1.54, 1.807) is 37.2 Å². The first-order chi connectivity index (χ1) is 14.5. The molecule has 0 saturated heterocycles. The van der Waals surface area contributed by atoms with Crippen molar-refractivity contribution in [2.45, 2.75) is 19.3 Å². The first-order valence-corrected chi connectivity index (χ1v) is 9.94. The number of aryl methyl sites for hydroxylation is 3. The molecule has 0 aliphatic heterocycles. The average molecular weight is 409 g/mol. The first-order valence-electron chi connectivity index (χ1n) is 9.94. The Balaban J connectivity index is 1.75. The SMILES string of the molecule is COCCCOc1cc(CCc2cccc(N)c2)cc(C(=O)Nc2ccn(C)n2)c1. The second-order valence-corrected chi connectivity index (χ2v) is 7.13. The molecule has 0 bridgehead atoms. The number of anilines is 2. The topological polar surface area (TPSA) is 91.4 Å². The highest BCUT2D eigenvalue weighted by Gasteiger charge is 2.12. The molecule has 1 aromatic heterocycles. The summed E-state index contributed by atoms with van der Waals surface area (Å²) in [6, 6.07) is 15.2. The number of hydrogen-bond acceptors (Lipinski definition) is 5. The summed E-state index contributed by atoms with van der Waals surface area (Å²) in [6.45, 7) is 1.15. The Morgan fingerprint density at radius 3 is 2.67 bits per heavy atom. The summed E-state index contributed by atoms with van der Waals surface area (Å²) >= 11 is 0. The van der Waals surface area contributed by atoms with E-state index in [1.165, 1.54) is 0 Å². The zero-order valence-electron chi connectivity index (χ0n) is 17.4. The van der Waals surface area contributed by atoms with Gasteiger partial charge in [-0.1, -0.05) is 12.1 Å². The Hall–Kier alpha value is -3.32. The van der Waals surface area contributed by atoms with Crippen LogP contribution in [0.2, 0.25) is 0 Å². The van der Waals surface area contributed by atoms with Crippen LogP contribution in [0.5, 0.6) is 5.75 Å². The summed E-state index contributed by atoms with van der Waals surface area (Å²) in [7, 11) is 3.47. The smallest absolute Gasteiger partial charge is 0.257 e. The van der Waals surface area contributed by atoms with Gasteiger partial charge in [0.15, 0.2) is 5.82 Å². The van der Waals surface area contributed by atoms with Crippen LogP contribution in [0.15, 0.2) is 54.7 Å². The van der Waals surface area contributed by atoms with Crippen LogP contribution >= 0.6 is 0 Å². The predicted octanol–water partition coefficient (Wildman–Crippen LogP) is 3.46. The summed E-state index contributed by atoms with van der Waals surface area (Å²) in [5.41, 5.74) is 9.34. The van der Waals surface area contributed by atoms with Crippen LogP contribution in [-0.4, -0.2) is 36.0 Å². The summed E-state index contributed by atoms with van der Waals surface area (Å²) in [6.07, 6.45) is 4.14. The number of nitrogen functional groups attached to an aromatic ring is 1. The zero-order valence-corrected chi connectivity index (χ0v) is 17.4. The summed E-state index contributed by atoms with van der Waals surface area (Å²) in [4.78, 5) is 12.8. The van der Waals surface area contributed by atoms with Crippen molar-refractivity contribution in [1.82, 2.24) is 9.78 Å². The van der Waals surface area contributed by atoms with E-state index in [9.17, 15) is 4.79 Å². The normalized spacial score (nSPS) is 10.7. The number of nitrogens with zero attached hydrogens (tertiary/aromatic N) is 2. The maximum atomic E-state index is 12.8. The highest BCUT2D eigenvalue weighted by molar-refractivity contribution is 6.04. The van der Waals surface area contributed by atoms with E-state index < -0.39 is 0 Å². The van der Waals surface area contributed by atoms with E-state index in [-0.39, 0.29) is 5.91 Å². The van der Waals surface area contributed by atoms with Crippen molar-refractivity contribution in [1.29, 1.82) is 0 Å². The quantitative estimate of drug-likeness (QED) is 0.396. The number of carbonyl (C=O) groups excluding carboxylic acids is 1. The molecule has 1 amide bonds. The monoisotopic (exact) mass is 408 g/mol. The third kappa shape index (κ3) is 6.35. The number of aromatic nitrogens is 2. The molecule has 7 nitrogen and oxygen atoms in total. The van der Waals surface area contributed by atoms with Gasteiger partial charge in [0, 0.05) is 50.7 Å². The Morgan fingerprint density at radius 2 is 1.93 bits per heavy atom. The maximum absolute atomic E-state index is 12.8. The number of ether oxygens (including phenoxy) is 2. The largest absolute Gasteiger partial charge is 0.493 e. The number of nitrogens with one attached hydrogen (secondary N) is 1. The Bertz CT molecular complexity index is 984. The molecule has 3 rings (SSSR count). The third-order valence-corrected chi connectivity index (χ3v) is 4.60. The third-order valence-electron chi connectivity index (χ3n) is 4.60. The minimum absolute atomic E-state index is 0.221. The van der Waals surface area contributed by atoms with Crippen molar-refractivity contribution in [2.24, 2.45) is 7.05 Å². The van der Waals surface area contributed by atoms with Gasteiger partial charge in [0.05, 0.1) is 6.61 Å². The van der Waals surface area contributed by atoms with Crippen LogP contribution < -0.4 is 15.8 Å². The minimum Gasteiger partial charge on any atom is -0.493 e. The molecule has 3 N–H and O–H groups in total. The van der Waals surface area contributed by atoms with Gasteiger partial charge in [0.2, 0.25) is 0 Å². The van der Waals surface area contributed by atoms with E-state index in [0.29, 0.717) is 30.3 Å². The van der Waals surface area contributed by atoms with Gasteiger partial charge in [0.25, 0.3) is 5.91 Å². The molecule has 0 atom stereocenters. The molecule has 7 heteroatoms. The zero-order chi connectivity index (χ0) is 21.3. The number of nitrogens with two attached hydrogens (primary N) is 1. The summed E-state index contributed by atoms with van der Waals surface area (Å²) in [5.74, 6) is 0.957. The highest BCUT2D eigenvalue weighted by atomic mass is 16.5. The van der Waals surface area contributed by atoms with Crippen molar-refractivity contribution in [3.63, 3.8) is 0 Å². The number of methoxy groups -OCH3 is 1. The van der Waals surface area contributed by atoms with Crippen LogP contribution in [0.4, 0.5) is 11.5 Å². The van der Waals surface area contributed by atoms with Gasteiger partial charge in [-0.25, -0.2) is 0 Å². The van der Waals surface area contributed by atoms with Crippen LogP contribution in [0.3, 0.4) is 0 Å². The maximum Gasteiger partial charge on any atom is 0.257 e. The fourth-order valence-electron chi connectivity index (χ4n) is 3.12. The lowest BCUT2D eigenvalue weighted by atomic mass is 10.0. The molecule has 30 heavy (non-hydrogen) atoms. The Morgan fingerprint density at radius 1 is 1.10 bits per heavy atom. The summed E-state index contributed by atoms with van der Waals surface area (Å²) in [5, 5.41) is 7.03.